The Morgan fingerprint density at radius 2 is 1.86 bits per heavy atom. The summed E-state index contributed by atoms with van der Waals surface area (Å²) >= 11 is 0. The van der Waals surface area contributed by atoms with Gasteiger partial charge in [-0.05, 0) is 38.0 Å². The molecule has 4 fully saturated rings. The van der Waals surface area contributed by atoms with Crippen LogP contribution < -0.4 is 5.56 Å². The van der Waals surface area contributed by atoms with Gasteiger partial charge in [0, 0.05) is 36.7 Å². The number of urea groups is 1. The van der Waals surface area contributed by atoms with Gasteiger partial charge >= 0.3 is 6.03 Å². The number of aromatic nitrogens is 2. The fourth-order valence-corrected chi connectivity index (χ4v) is 7.11. The van der Waals surface area contributed by atoms with Crippen molar-refractivity contribution in [3.8, 4) is 11.3 Å². The molecule has 1 N–H and O–H groups in total. The Bertz CT molecular complexity index is 1170. The normalized spacial score (nSPS) is 27.9. The quantitative estimate of drug-likeness (QED) is 0.686. The number of hydrogen-bond acceptors (Lipinski definition) is 5. The highest BCUT2D eigenvalue weighted by atomic mass is 16.5. The van der Waals surface area contributed by atoms with Crippen molar-refractivity contribution in [2.24, 2.45) is 11.3 Å². The Morgan fingerprint density at radius 1 is 1.08 bits per heavy atom. The fourth-order valence-electron chi connectivity index (χ4n) is 7.11. The lowest BCUT2D eigenvalue weighted by atomic mass is 9.66. The van der Waals surface area contributed by atoms with E-state index in [0.717, 1.165) is 31.2 Å². The van der Waals surface area contributed by atoms with Gasteiger partial charge in [0.05, 0.1) is 43.4 Å². The predicted octanol–water partition coefficient (Wildman–Crippen LogP) is 3.53. The molecule has 1 aromatic carbocycles. The highest BCUT2D eigenvalue weighted by Crippen LogP contribution is 2.51. The minimum absolute atomic E-state index is 0.0968. The number of piperidine rings is 1. The molecule has 2 atom stereocenters. The third-order valence-corrected chi connectivity index (χ3v) is 9.59. The Kier molecular flexibility index (Phi) is 6.57. The minimum atomic E-state index is -1.06. The van der Waals surface area contributed by atoms with E-state index in [-0.39, 0.29) is 24.2 Å². The van der Waals surface area contributed by atoms with Crippen LogP contribution in [0.3, 0.4) is 0 Å². The number of carbonyl (C=O) groups excluding carboxylic acids is 1. The molecule has 6 rings (SSSR count). The van der Waals surface area contributed by atoms with Gasteiger partial charge in [-0.25, -0.2) is 9.78 Å². The van der Waals surface area contributed by atoms with Gasteiger partial charge in [-0.2, -0.15) is 0 Å². The highest BCUT2D eigenvalue weighted by molar-refractivity contribution is 5.75. The van der Waals surface area contributed by atoms with Crippen LogP contribution in [0.25, 0.3) is 11.3 Å². The Balaban J connectivity index is 1.21. The van der Waals surface area contributed by atoms with Crippen molar-refractivity contribution >= 4 is 6.03 Å². The van der Waals surface area contributed by atoms with Gasteiger partial charge in [0.15, 0.2) is 0 Å². The lowest BCUT2D eigenvalue weighted by Gasteiger charge is -2.54. The van der Waals surface area contributed by atoms with Crippen LogP contribution in [0.5, 0.6) is 0 Å². The topological polar surface area (TPSA) is 87.9 Å². The maximum atomic E-state index is 13.8. The summed E-state index contributed by atoms with van der Waals surface area (Å²) in [5.74, 6) is 0.546. The van der Waals surface area contributed by atoms with Crippen molar-refractivity contribution in [1.82, 2.24) is 19.4 Å². The highest BCUT2D eigenvalue weighted by Gasteiger charge is 2.56. The van der Waals surface area contributed by atoms with E-state index < -0.39 is 11.0 Å². The van der Waals surface area contributed by atoms with Crippen molar-refractivity contribution < 1.29 is 14.6 Å². The standard InChI is InChI=1S/C29H38N4O4/c34-26-17-24(22-7-2-1-3-8-22)30-21-32(26)20-29(36)13-14-31(19-28(29)11-4-5-12-28)27(35)33-15-16-37-18-25(33)23-9-6-10-23/h1-3,7-8,17,21,23,25,36H,4-6,9-16,18-20H2. The number of amides is 2. The van der Waals surface area contributed by atoms with Gasteiger partial charge in [-0.15, -0.1) is 0 Å². The molecule has 4 aliphatic rings. The molecule has 3 heterocycles. The predicted molar refractivity (Wildman–Crippen MR) is 140 cm³/mol. The second-order valence-corrected chi connectivity index (χ2v) is 11.6. The van der Waals surface area contributed by atoms with Crippen LogP contribution in [0.15, 0.2) is 47.5 Å². The van der Waals surface area contributed by atoms with Crippen LogP contribution in [0.2, 0.25) is 0 Å². The molecule has 2 aromatic rings. The summed E-state index contributed by atoms with van der Waals surface area (Å²) in [6, 6.07) is 11.5. The molecular formula is C29H38N4O4. The summed E-state index contributed by atoms with van der Waals surface area (Å²) in [5, 5.41) is 12.1. The SMILES string of the molecule is O=C(N1CCC(O)(Cn2cnc(-c3ccccc3)cc2=O)C2(CCCC2)C1)N1CCOCC1C1CCC1. The van der Waals surface area contributed by atoms with E-state index in [0.29, 0.717) is 50.9 Å². The van der Waals surface area contributed by atoms with Crippen LogP contribution in [-0.4, -0.2) is 75.0 Å². The molecule has 2 saturated heterocycles. The third-order valence-electron chi connectivity index (χ3n) is 9.59. The molecule has 37 heavy (non-hydrogen) atoms. The summed E-state index contributed by atoms with van der Waals surface area (Å²) < 4.78 is 7.31. The summed E-state index contributed by atoms with van der Waals surface area (Å²) in [7, 11) is 0. The van der Waals surface area contributed by atoms with E-state index >= 15 is 0 Å². The maximum Gasteiger partial charge on any atom is 0.320 e. The lowest BCUT2D eigenvalue weighted by molar-refractivity contribution is -0.138. The van der Waals surface area contributed by atoms with Crippen molar-refractivity contribution in [1.29, 1.82) is 0 Å². The van der Waals surface area contributed by atoms with Crippen molar-refractivity contribution in [2.45, 2.75) is 69.6 Å². The second kappa shape index (κ2) is 9.87. The van der Waals surface area contributed by atoms with Crippen LogP contribution >= 0.6 is 0 Å². The number of aliphatic hydroxyl groups is 1. The largest absolute Gasteiger partial charge is 0.387 e. The molecule has 8 nitrogen and oxygen atoms in total. The fraction of sp³-hybridized carbons (Fsp3) is 0.621. The number of carbonyl (C=O) groups is 1. The van der Waals surface area contributed by atoms with Crippen LogP contribution in [-0.2, 0) is 11.3 Å². The van der Waals surface area contributed by atoms with E-state index in [9.17, 15) is 14.7 Å². The van der Waals surface area contributed by atoms with Crippen LogP contribution in [0.1, 0.15) is 51.4 Å². The van der Waals surface area contributed by atoms with Crippen molar-refractivity contribution in [2.75, 3.05) is 32.8 Å². The maximum absolute atomic E-state index is 13.8. The molecule has 2 amide bonds. The third kappa shape index (κ3) is 4.48. The molecule has 2 aliphatic carbocycles. The molecular weight excluding hydrogens is 468 g/mol. The van der Waals surface area contributed by atoms with Gasteiger partial charge in [0.2, 0.25) is 0 Å². The first-order chi connectivity index (χ1) is 18.0. The van der Waals surface area contributed by atoms with E-state index in [2.05, 4.69) is 9.88 Å². The van der Waals surface area contributed by atoms with Gasteiger partial charge in [-0.1, -0.05) is 49.6 Å². The summed E-state index contributed by atoms with van der Waals surface area (Å²) in [5.41, 5.74) is -0.0930. The molecule has 0 radical (unpaired) electrons. The average molecular weight is 507 g/mol. The zero-order chi connectivity index (χ0) is 25.5. The number of nitrogens with zero attached hydrogens (tertiary/aromatic N) is 4. The van der Waals surface area contributed by atoms with Gasteiger partial charge in [-0.3, -0.25) is 9.36 Å². The molecule has 2 unspecified atom stereocenters. The number of hydrogen-bond donors (Lipinski definition) is 1. The van der Waals surface area contributed by atoms with Crippen LogP contribution in [0, 0.1) is 11.3 Å². The molecule has 198 valence electrons. The molecule has 2 aliphatic heterocycles. The first kappa shape index (κ1) is 24.6. The van der Waals surface area contributed by atoms with E-state index in [1.54, 1.807) is 17.0 Å². The first-order valence-electron chi connectivity index (χ1n) is 14.0. The first-order valence-corrected chi connectivity index (χ1v) is 14.0. The Labute approximate surface area is 218 Å². The van der Waals surface area contributed by atoms with Gasteiger partial charge < -0.3 is 19.6 Å². The Hall–Kier alpha value is -2.71. The number of ether oxygens (including phenoxy) is 1. The summed E-state index contributed by atoms with van der Waals surface area (Å²) in [6.07, 6.45) is 9.42. The molecule has 0 bridgehead atoms. The number of morpholine rings is 1. The van der Waals surface area contributed by atoms with E-state index in [1.165, 1.54) is 19.3 Å². The van der Waals surface area contributed by atoms with Crippen molar-refractivity contribution in [3.05, 3.63) is 53.1 Å². The molecule has 8 heteroatoms. The summed E-state index contributed by atoms with van der Waals surface area (Å²) in [4.78, 5) is 35.4. The second-order valence-electron chi connectivity index (χ2n) is 11.6. The van der Waals surface area contributed by atoms with Gasteiger partial charge in [0.25, 0.3) is 5.56 Å². The minimum Gasteiger partial charge on any atom is -0.387 e. The summed E-state index contributed by atoms with van der Waals surface area (Å²) in [6.45, 7) is 3.11. The molecule has 2 saturated carbocycles. The zero-order valence-corrected chi connectivity index (χ0v) is 21.6. The van der Waals surface area contributed by atoms with Gasteiger partial charge in [0.1, 0.15) is 0 Å². The zero-order valence-electron chi connectivity index (χ0n) is 21.6. The monoisotopic (exact) mass is 506 g/mol. The van der Waals surface area contributed by atoms with E-state index in [4.69, 9.17) is 4.74 Å². The number of likely N-dealkylation sites (tertiary alicyclic amines) is 1. The number of rotatable bonds is 4. The van der Waals surface area contributed by atoms with E-state index in [1.807, 2.05) is 35.2 Å². The lowest BCUT2D eigenvalue weighted by Crippen LogP contribution is -2.65. The number of benzene rings is 1. The van der Waals surface area contributed by atoms with Crippen molar-refractivity contribution in [3.63, 3.8) is 0 Å². The molecule has 1 aromatic heterocycles. The molecule has 1 spiro atoms. The average Bonchev–Trinajstić information content (AvgIpc) is 3.36. The smallest absolute Gasteiger partial charge is 0.320 e. The Morgan fingerprint density at radius 3 is 2.57 bits per heavy atom. The van der Waals surface area contributed by atoms with Crippen LogP contribution in [0.4, 0.5) is 4.79 Å².